The van der Waals surface area contributed by atoms with Gasteiger partial charge in [0.15, 0.2) is 0 Å². The molecular weight excluding hydrogens is 485 g/mol. The molecule has 0 bridgehead atoms. The van der Waals surface area contributed by atoms with E-state index in [1.807, 2.05) is 0 Å². The van der Waals surface area contributed by atoms with Crippen molar-refractivity contribution in [3.8, 4) is 5.75 Å². The van der Waals surface area contributed by atoms with Crippen LogP contribution in [0, 0.1) is 0 Å². The van der Waals surface area contributed by atoms with Crippen LogP contribution >= 0.6 is 11.6 Å². The van der Waals surface area contributed by atoms with Crippen molar-refractivity contribution in [3.05, 3.63) is 52.5 Å². The normalized spacial score (nSPS) is 15.3. The van der Waals surface area contributed by atoms with Crippen molar-refractivity contribution >= 4 is 33.2 Å². The second-order valence-electron chi connectivity index (χ2n) is 7.23. The van der Waals surface area contributed by atoms with E-state index >= 15 is 0 Å². The number of alkyl halides is 3. The molecule has 2 aromatic rings. The van der Waals surface area contributed by atoms with Crippen LogP contribution in [0.5, 0.6) is 5.75 Å². The molecule has 0 radical (unpaired) electrons. The molecule has 0 aliphatic carbocycles. The van der Waals surface area contributed by atoms with E-state index in [0.29, 0.717) is 24.5 Å². The molecule has 0 saturated carbocycles. The zero-order valence-electron chi connectivity index (χ0n) is 17.6. The zero-order chi connectivity index (χ0) is 24.2. The van der Waals surface area contributed by atoms with Crippen molar-refractivity contribution in [2.24, 2.45) is 0 Å². The molecular formula is C21H22ClF3N2O5S. The first kappa shape index (κ1) is 25.3. The van der Waals surface area contributed by atoms with Gasteiger partial charge in [0, 0.05) is 19.5 Å². The summed E-state index contributed by atoms with van der Waals surface area (Å²) in [5.41, 5.74) is -0.630. The highest BCUT2D eigenvalue weighted by atomic mass is 35.5. The number of nitrogens with one attached hydrogen (secondary N) is 1. The molecule has 33 heavy (non-hydrogen) atoms. The summed E-state index contributed by atoms with van der Waals surface area (Å²) in [5.74, 6) is -0.194. The van der Waals surface area contributed by atoms with E-state index in [2.05, 4.69) is 5.32 Å². The van der Waals surface area contributed by atoms with Crippen molar-refractivity contribution in [1.82, 2.24) is 4.31 Å². The molecule has 180 valence electrons. The van der Waals surface area contributed by atoms with E-state index in [-0.39, 0.29) is 41.5 Å². The van der Waals surface area contributed by atoms with E-state index in [4.69, 9.17) is 21.1 Å². The van der Waals surface area contributed by atoms with Crippen molar-refractivity contribution in [2.75, 3.05) is 38.7 Å². The van der Waals surface area contributed by atoms with Crippen LogP contribution in [0.1, 0.15) is 17.5 Å². The third kappa shape index (κ3) is 6.17. The van der Waals surface area contributed by atoms with Gasteiger partial charge in [0.05, 0.1) is 41.5 Å². The van der Waals surface area contributed by atoms with Crippen LogP contribution < -0.4 is 10.1 Å². The second kappa shape index (κ2) is 10.3. The number of carbonyl (C=O) groups excluding carboxylic acids is 1. The number of aryl methyl sites for hydroxylation is 1. The number of amides is 1. The molecule has 1 aliphatic heterocycles. The number of nitrogens with zero attached hydrogens (tertiary/aromatic N) is 1. The summed E-state index contributed by atoms with van der Waals surface area (Å²) >= 11 is 5.92. The molecule has 1 aliphatic rings. The molecule has 0 atom stereocenters. The summed E-state index contributed by atoms with van der Waals surface area (Å²) < 4.78 is 76.4. The average Bonchev–Trinajstić information content (AvgIpc) is 2.78. The highest BCUT2D eigenvalue weighted by Gasteiger charge is 2.31. The van der Waals surface area contributed by atoms with Crippen LogP contribution in [0.25, 0.3) is 0 Å². The molecule has 12 heteroatoms. The molecule has 1 saturated heterocycles. The van der Waals surface area contributed by atoms with Gasteiger partial charge in [-0.15, -0.1) is 0 Å². The van der Waals surface area contributed by atoms with Crippen LogP contribution in [0.15, 0.2) is 41.3 Å². The van der Waals surface area contributed by atoms with Gasteiger partial charge in [-0.3, -0.25) is 4.79 Å². The maximum absolute atomic E-state index is 12.9. The standard InChI is InChI=1S/C21H22ClF3N2O5S/c1-31-19-6-4-16(33(29,30)27-8-10-32-11-9-27)12-14(19)2-7-20(28)26-18-13-15(21(23,24)25)3-5-17(18)22/h3-6,12-13H,2,7-11H2,1H3,(H,26,28). The molecule has 0 unspecified atom stereocenters. The number of anilines is 1. The minimum absolute atomic E-state index is 0.0347. The first-order valence-corrected chi connectivity index (χ1v) is 11.8. The van der Waals surface area contributed by atoms with Crippen LogP contribution in [0.4, 0.5) is 18.9 Å². The molecule has 2 aromatic carbocycles. The number of benzene rings is 2. The van der Waals surface area contributed by atoms with E-state index in [1.165, 1.54) is 29.6 Å². The van der Waals surface area contributed by atoms with Crippen molar-refractivity contribution in [3.63, 3.8) is 0 Å². The van der Waals surface area contributed by atoms with Crippen molar-refractivity contribution in [1.29, 1.82) is 0 Å². The first-order valence-electron chi connectivity index (χ1n) is 9.94. The number of hydrogen-bond donors (Lipinski definition) is 1. The summed E-state index contributed by atoms with van der Waals surface area (Å²) in [6.45, 7) is 1.09. The SMILES string of the molecule is COc1ccc(S(=O)(=O)N2CCOCC2)cc1CCC(=O)Nc1cc(C(F)(F)F)ccc1Cl. The third-order valence-corrected chi connectivity index (χ3v) is 7.27. The van der Waals surface area contributed by atoms with E-state index in [1.54, 1.807) is 0 Å². The molecule has 0 aromatic heterocycles. The molecule has 0 spiro atoms. The molecule has 1 fully saturated rings. The predicted molar refractivity (Wildman–Crippen MR) is 116 cm³/mol. The number of sulfonamides is 1. The number of halogens is 4. The Hall–Kier alpha value is -2.34. The Morgan fingerprint density at radius 3 is 2.52 bits per heavy atom. The van der Waals surface area contributed by atoms with Gasteiger partial charge in [-0.2, -0.15) is 17.5 Å². The van der Waals surface area contributed by atoms with Crippen LogP contribution in [-0.4, -0.2) is 52.0 Å². The summed E-state index contributed by atoms with van der Waals surface area (Å²) in [5, 5.41) is 2.34. The lowest BCUT2D eigenvalue weighted by atomic mass is 10.1. The highest BCUT2D eigenvalue weighted by molar-refractivity contribution is 7.89. The fourth-order valence-corrected chi connectivity index (χ4v) is 4.93. The number of carbonyl (C=O) groups is 1. The second-order valence-corrected chi connectivity index (χ2v) is 9.58. The number of methoxy groups -OCH3 is 1. The molecule has 1 N–H and O–H groups in total. The van der Waals surface area contributed by atoms with Crippen LogP contribution in [-0.2, 0) is 32.2 Å². The number of morpholine rings is 1. The summed E-state index contributed by atoms with van der Waals surface area (Å²) in [6.07, 6.45) is -4.62. The summed E-state index contributed by atoms with van der Waals surface area (Å²) in [4.78, 5) is 12.5. The lowest BCUT2D eigenvalue weighted by Gasteiger charge is -2.26. The Bertz CT molecular complexity index is 1120. The topological polar surface area (TPSA) is 84.9 Å². The first-order chi connectivity index (χ1) is 15.5. The number of rotatable bonds is 7. The monoisotopic (exact) mass is 506 g/mol. The van der Waals surface area contributed by atoms with Gasteiger partial charge in [-0.05, 0) is 48.4 Å². The predicted octanol–water partition coefficient (Wildman–Crippen LogP) is 3.96. The van der Waals surface area contributed by atoms with Gasteiger partial charge in [0.25, 0.3) is 0 Å². The quantitative estimate of drug-likeness (QED) is 0.614. The average molecular weight is 507 g/mol. The third-order valence-electron chi connectivity index (χ3n) is 5.05. The van der Waals surface area contributed by atoms with Gasteiger partial charge in [0.2, 0.25) is 15.9 Å². The maximum Gasteiger partial charge on any atom is 0.416 e. The Morgan fingerprint density at radius 1 is 1.18 bits per heavy atom. The van der Waals surface area contributed by atoms with E-state index < -0.39 is 27.7 Å². The van der Waals surface area contributed by atoms with Crippen molar-refractivity contribution < 1.29 is 35.9 Å². The minimum atomic E-state index is -4.58. The van der Waals surface area contributed by atoms with Crippen LogP contribution in [0.3, 0.4) is 0 Å². The number of hydrogen-bond acceptors (Lipinski definition) is 5. The van der Waals surface area contributed by atoms with Gasteiger partial charge in [-0.1, -0.05) is 11.6 Å². The smallest absolute Gasteiger partial charge is 0.416 e. The highest BCUT2D eigenvalue weighted by Crippen LogP contribution is 2.34. The lowest BCUT2D eigenvalue weighted by molar-refractivity contribution is -0.137. The van der Waals surface area contributed by atoms with E-state index in [9.17, 15) is 26.4 Å². The molecule has 1 amide bonds. The lowest BCUT2D eigenvalue weighted by Crippen LogP contribution is -2.40. The van der Waals surface area contributed by atoms with Crippen LogP contribution in [0.2, 0.25) is 5.02 Å². The summed E-state index contributed by atoms with van der Waals surface area (Å²) in [7, 11) is -2.33. The Morgan fingerprint density at radius 2 is 1.88 bits per heavy atom. The molecule has 7 nitrogen and oxygen atoms in total. The number of ether oxygens (including phenoxy) is 2. The zero-order valence-corrected chi connectivity index (χ0v) is 19.2. The molecule has 1 heterocycles. The van der Waals surface area contributed by atoms with E-state index in [0.717, 1.165) is 18.2 Å². The van der Waals surface area contributed by atoms with Gasteiger partial charge >= 0.3 is 6.18 Å². The fourth-order valence-electron chi connectivity index (χ4n) is 3.31. The Balaban J connectivity index is 1.74. The maximum atomic E-state index is 12.9. The minimum Gasteiger partial charge on any atom is -0.496 e. The Kier molecular flexibility index (Phi) is 7.88. The van der Waals surface area contributed by atoms with Gasteiger partial charge in [-0.25, -0.2) is 8.42 Å². The van der Waals surface area contributed by atoms with Gasteiger partial charge < -0.3 is 14.8 Å². The van der Waals surface area contributed by atoms with Gasteiger partial charge in [0.1, 0.15) is 5.75 Å². The largest absolute Gasteiger partial charge is 0.496 e. The Labute approximate surface area is 194 Å². The molecule has 3 rings (SSSR count). The fraction of sp³-hybridized carbons (Fsp3) is 0.381. The van der Waals surface area contributed by atoms with Crippen molar-refractivity contribution in [2.45, 2.75) is 23.9 Å². The summed E-state index contributed by atoms with van der Waals surface area (Å²) in [6, 6.07) is 7.01.